The van der Waals surface area contributed by atoms with E-state index in [1.807, 2.05) is 6.92 Å². The van der Waals surface area contributed by atoms with Gasteiger partial charge < -0.3 is 14.3 Å². The van der Waals surface area contributed by atoms with Crippen molar-refractivity contribution in [3.8, 4) is 11.5 Å². The minimum atomic E-state index is -0.0208. The molecule has 4 nitrogen and oxygen atoms in total. The summed E-state index contributed by atoms with van der Waals surface area (Å²) in [6.45, 7) is 1.89. The Morgan fingerprint density at radius 1 is 1.18 bits per heavy atom. The molecule has 0 aliphatic rings. The van der Waals surface area contributed by atoms with Gasteiger partial charge in [0, 0.05) is 12.0 Å². The molecule has 0 N–H and O–H groups in total. The van der Waals surface area contributed by atoms with Gasteiger partial charge in [0.25, 0.3) is 0 Å². The van der Waals surface area contributed by atoms with Crippen molar-refractivity contribution in [1.82, 2.24) is 0 Å². The van der Waals surface area contributed by atoms with Crippen LogP contribution in [0.4, 0.5) is 0 Å². The van der Waals surface area contributed by atoms with Gasteiger partial charge in [0.15, 0.2) is 11.5 Å². The van der Waals surface area contributed by atoms with Gasteiger partial charge in [-0.25, -0.2) is 0 Å². The lowest BCUT2D eigenvalue weighted by atomic mass is 9.93. The van der Waals surface area contributed by atoms with Crippen LogP contribution in [0.15, 0.2) is 12.1 Å². The van der Waals surface area contributed by atoms with E-state index in [0.29, 0.717) is 23.5 Å². The first-order valence-corrected chi connectivity index (χ1v) is 5.32. The highest BCUT2D eigenvalue weighted by Crippen LogP contribution is 2.33. The molecular weight excluding hydrogens is 220 g/mol. The Labute approximate surface area is 101 Å². The van der Waals surface area contributed by atoms with Crippen LogP contribution in [0.3, 0.4) is 0 Å². The summed E-state index contributed by atoms with van der Waals surface area (Å²) >= 11 is 0. The minimum absolute atomic E-state index is 0.0208. The SMILES string of the molecule is COc1cc(C=O)c(C(C)CC=O)cc1OC. The molecule has 0 amide bonds. The quantitative estimate of drug-likeness (QED) is 0.710. The van der Waals surface area contributed by atoms with E-state index in [2.05, 4.69) is 0 Å². The summed E-state index contributed by atoms with van der Waals surface area (Å²) in [5.41, 5.74) is 1.32. The third-order valence-corrected chi connectivity index (χ3v) is 2.70. The van der Waals surface area contributed by atoms with Crippen LogP contribution >= 0.6 is 0 Å². The number of methoxy groups -OCH3 is 2. The van der Waals surface area contributed by atoms with Crippen LogP contribution in [-0.2, 0) is 4.79 Å². The van der Waals surface area contributed by atoms with Gasteiger partial charge in [-0.3, -0.25) is 4.79 Å². The summed E-state index contributed by atoms with van der Waals surface area (Å²) in [6, 6.07) is 3.37. The van der Waals surface area contributed by atoms with Gasteiger partial charge in [0.2, 0.25) is 0 Å². The van der Waals surface area contributed by atoms with E-state index in [1.54, 1.807) is 12.1 Å². The van der Waals surface area contributed by atoms with Gasteiger partial charge in [-0.1, -0.05) is 6.92 Å². The Kier molecular flexibility index (Phi) is 4.69. The van der Waals surface area contributed by atoms with Crippen molar-refractivity contribution in [2.45, 2.75) is 19.3 Å². The Balaban J connectivity index is 3.27. The summed E-state index contributed by atoms with van der Waals surface area (Å²) in [7, 11) is 3.05. The molecule has 17 heavy (non-hydrogen) atoms. The molecule has 0 spiro atoms. The van der Waals surface area contributed by atoms with E-state index < -0.39 is 0 Å². The van der Waals surface area contributed by atoms with Crippen molar-refractivity contribution in [2.75, 3.05) is 14.2 Å². The van der Waals surface area contributed by atoms with E-state index in [1.165, 1.54) is 14.2 Å². The van der Waals surface area contributed by atoms with Crippen LogP contribution in [0.1, 0.15) is 35.2 Å². The number of hydrogen-bond acceptors (Lipinski definition) is 4. The van der Waals surface area contributed by atoms with Gasteiger partial charge in [0.1, 0.15) is 12.6 Å². The van der Waals surface area contributed by atoms with Crippen LogP contribution in [0.2, 0.25) is 0 Å². The molecule has 0 saturated carbocycles. The van der Waals surface area contributed by atoms with Crippen molar-refractivity contribution in [3.05, 3.63) is 23.3 Å². The maximum atomic E-state index is 11.0. The largest absolute Gasteiger partial charge is 0.493 e. The molecule has 0 aliphatic heterocycles. The lowest BCUT2D eigenvalue weighted by Gasteiger charge is -2.15. The average molecular weight is 236 g/mol. The highest BCUT2D eigenvalue weighted by molar-refractivity contribution is 5.80. The third-order valence-electron chi connectivity index (χ3n) is 2.70. The zero-order chi connectivity index (χ0) is 12.8. The predicted molar refractivity (Wildman–Crippen MR) is 64.0 cm³/mol. The van der Waals surface area contributed by atoms with Crippen molar-refractivity contribution >= 4 is 12.6 Å². The number of carbonyl (C=O) groups is 2. The normalized spacial score (nSPS) is 11.7. The Bertz CT molecular complexity index is 412. The molecule has 0 saturated heterocycles. The zero-order valence-corrected chi connectivity index (χ0v) is 10.2. The van der Waals surface area contributed by atoms with Gasteiger partial charge in [-0.05, 0) is 23.6 Å². The van der Waals surface area contributed by atoms with E-state index in [-0.39, 0.29) is 5.92 Å². The fraction of sp³-hybridized carbons (Fsp3) is 0.385. The maximum absolute atomic E-state index is 11.0. The number of hydrogen-bond donors (Lipinski definition) is 0. The van der Waals surface area contributed by atoms with Gasteiger partial charge in [-0.15, -0.1) is 0 Å². The lowest BCUT2D eigenvalue weighted by Crippen LogP contribution is -2.02. The van der Waals surface area contributed by atoms with Crippen molar-refractivity contribution < 1.29 is 19.1 Å². The minimum Gasteiger partial charge on any atom is -0.493 e. The number of benzene rings is 1. The first-order chi connectivity index (χ1) is 8.17. The Morgan fingerprint density at radius 3 is 2.24 bits per heavy atom. The third kappa shape index (κ3) is 2.84. The van der Waals surface area contributed by atoms with Gasteiger partial charge >= 0.3 is 0 Å². The van der Waals surface area contributed by atoms with E-state index >= 15 is 0 Å². The molecule has 0 fully saturated rings. The van der Waals surface area contributed by atoms with Crippen LogP contribution in [0.25, 0.3) is 0 Å². The molecule has 0 heterocycles. The summed E-state index contributed by atoms with van der Waals surface area (Å²) in [5, 5.41) is 0. The predicted octanol–water partition coefficient (Wildman–Crippen LogP) is 2.21. The summed E-state index contributed by atoms with van der Waals surface area (Å²) < 4.78 is 10.3. The summed E-state index contributed by atoms with van der Waals surface area (Å²) in [5.74, 6) is 1.05. The van der Waals surface area contributed by atoms with Crippen molar-refractivity contribution in [3.63, 3.8) is 0 Å². The monoisotopic (exact) mass is 236 g/mol. The lowest BCUT2D eigenvalue weighted by molar-refractivity contribution is -0.108. The number of ether oxygens (including phenoxy) is 2. The Morgan fingerprint density at radius 2 is 1.76 bits per heavy atom. The average Bonchev–Trinajstić information content (AvgIpc) is 2.37. The van der Waals surface area contributed by atoms with Gasteiger partial charge in [-0.2, -0.15) is 0 Å². The highest BCUT2D eigenvalue weighted by atomic mass is 16.5. The van der Waals surface area contributed by atoms with Crippen LogP contribution < -0.4 is 9.47 Å². The standard InChI is InChI=1S/C13H16O4/c1-9(4-5-14)11-7-13(17-3)12(16-2)6-10(11)8-15/h5-9H,4H2,1-3H3. The van der Waals surface area contributed by atoms with E-state index in [4.69, 9.17) is 9.47 Å². The molecule has 1 unspecified atom stereocenters. The van der Waals surface area contributed by atoms with E-state index in [9.17, 15) is 9.59 Å². The second-order valence-corrected chi connectivity index (χ2v) is 3.76. The molecule has 0 radical (unpaired) electrons. The molecule has 0 bridgehead atoms. The second kappa shape index (κ2) is 6.03. The molecule has 1 aromatic rings. The molecule has 1 atom stereocenters. The fourth-order valence-corrected chi connectivity index (χ4v) is 1.71. The number of aldehydes is 2. The van der Waals surface area contributed by atoms with E-state index in [0.717, 1.165) is 18.1 Å². The second-order valence-electron chi connectivity index (χ2n) is 3.76. The van der Waals surface area contributed by atoms with Crippen molar-refractivity contribution in [1.29, 1.82) is 0 Å². The molecule has 1 rings (SSSR count). The molecule has 0 aliphatic carbocycles. The summed E-state index contributed by atoms with van der Waals surface area (Å²) in [4.78, 5) is 21.5. The smallest absolute Gasteiger partial charge is 0.161 e. The topological polar surface area (TPSA) is 52.6 Å². The highest BCUT2D eigenvalue weighted by Gasteiger charge is 2.15. The maximum Gasteiger partial charge on any atom is 0.161 e. The summed E-state index contributed by atoms with van der Waals surface area (Å²) in [6.07, 6.45) is 1.98. The van der Waals surface area contributed by atoms with Crippen LogP contribution in [0, 0.1) is 0 Å². The molecule has 92 valence electrons. The first kappa shape index (κ1) is 13.2. The molecule has 0 aromatic heterocycles. The van der Waals surface area contributed by atoms with Crippen LogP contribution in [0.5, 0.6) is 11.5 Å². The van der Waals surface area contributed by atoms with Crippen molar-refractivity contribution in [2.24, 2.45) is 0 Å². The fourth-order valence-electron chi connectivity index (χ4n) is 1.71. The molecule has 1 aromatic carbocycles. The molecular formula is C13H16O4. The molecule has 4 heteroatoms. The zero-order valence-electron chi connectivity index (χ0n) is 10.2. The number of carbonyl (C=O) groups excluding carboxylic acids is 2. The van der Waals surface area contributed by atoms with Crippen LogP contribution in [-0.4, -0.2) is 26.8 Å². The van der Waals surface area contributed by atoms with Gasteiger partial charge in [0.05, 0.1) is 14.2 Å². The first-order valence-electron chi connectivity index (χ1n) is 5.32. The number of rotatable bonds is 6. The Hall–Kier alpha value is -1.84.